The van der Waals surface area contributed by atoms with Crippen LogP contribution in [-0.4, -0.2) is 11.7 Å². The van der Waals surface area contributed by atoms with Gasteiger partial charge < -0.3 is 20.9 Å². The SMILES string of the molecule is N=C(N)c1cccc(OCc2ccccc2COc2cccc(C(=N)N)c2)c1. The van der Waals surface area contributed by atoms with E-state index in [9.17, 15) is 0 Å². The summed E-state index contributed by atoms with van der Waals surface area (Å²) in [7, 11) is 0. The van der Waals surface area contributed by atoms with Crippen molar-refractivity contribution in [2.75, 3.05) is 0 Å². The molecule has 3 aromatic carbocycles. The summed E-state index contributed by atoms with van der Waals surface area (Å²) in [4.78, 5) is 0. The van der Waals surface area contributed by atoms with Crippen molar-refractivity contribution < 1.29 is 9.47 Å². The molecule has 6 nitrogen and oxygen atoms in total. The smallest absolute Gasteiger partial charge is 0.122 e. The third-order valence-electron chi connectivity index (χ3n) is 4.20. The Balaban J connectivity index is 1.68. The molecule has 3 rings (SSSR count). The summed E-state index contributed by atoms with van der Waals surface area (Å²) in [5.74, 6) is 1.31. The molecule has 6 heteroatoms. The fourth-order valence-corrected chi connectivity index (χ4v) is 2.67. The molecule has 0 aliphatic carbocycles. The first-order valence-electron chi connectivity index (χ1n) is 8.74. The van der Waals surface area contributed by atoms with Gasteiger partial charge in [-0.25, -0.2) is 0 Å². The van der Waals surface area contributed by atoms with Crippen LogP contribution in [0.5, 0.6) is 11.5 Å². The maximum atomic E-state index is 7.53. The lowest BCUT2D eigenvalue weighted by atomic mass is 10.1. The van der Waals surface area contributed by atoms with Crippen molar-refractivity contribution in [2.45, 2.75) is 13.2 Å². The molecule has 0 heterocycles. The number of hydrogen-bond donors (Lipinski definition) is 4. The van der Waals surface area contributed by atoms with Crippen molar-refractivity contribution >= 4 is 11.7 Å². The van der Waals surface area contributed by atoms with Crippen molar-refractivity contribution in [2.24, 2.45) is 11.5 Å². The zero-order valence-electron chi connectivity index (χ0n) is 15.3. The van der Waals surface area contributed by atoms with Gasteiger partial charge in [0.05, 0.1) is 0 Å². The highest BCUT2D eigenvalue weighted by molar-refractivity contribution is 5.95. The van der Waals surface area contributed by atoms with Gasteiger partial charge in [0.1, 0.15) is 36.4 Å². The van der Waals surface area contributed by atoms with Gasteiger partial charge in [-0.3, -0.25) is 10.8 Å². The van der Waals surface area contributed by atoms with Crippen LogP contribution in [-0.2, 0) is 13.2 Å². The zero-order valence-corrected chi connectivity index (χ0v) is 15.3. The second-order valence-electron chi connectivity index (χ2n) is 6.23. The van der Waals surface area contributed by atoms with Gasteiger partial charge in [0, 0.05) is 11.1 Å². The Kier molecular flexibility index (Phi) is 5.91. The molecule has 6 N–H and O–H groups in total. The van der Waals surface area contributed by atoms with Crippen molar-refractivity contribution in [3.8, 4) is 11.5 Å². The van der Waals surface area contributed by atoms with Crippen molar-refractivity contribution in [1.29, 1.82) is 10.8 Å². The molecule has 0 aliphatic heterocycles. The largest absolute Gasteiger partial charge is 0.489 e. The second-order valence-corrected chi connectivity index (χ2v) is 6.23. The average molecular weight is 374 g/mol. The summed E-state index contributed by atoms with van der Waals surface area (Å²) < 4.78 is 11.7. The van der Waals surface area contributed by atoms with Gasteiger partial charge in [-0.05, 0) is 35.4 Å². The molecule has 3 aromatic rings. The summed E-state index contributed by atoms with van der Waals surface area (Å²) in [5.41, 5.74) is 14.3. The van der Waals surface area contributed by atoms with Gasteiger partial charge >= 0.3 is 0 Å². The molecule has 0 saturated heterocycles. The van der Waals surface area contributed by atoms with E-state index in [-0.39, 0.29) is 11.7 Å². The highest BCUT2D eigenvalue weighted by Gasteiger charge is 2.06. The van der Waals surface area contributed by atoms with Gasteiger partial charge in [0.25, 0.3) is 0 Å². The van der Waals surface area contributed by atoms with Crippen molar-refractivity contribution in [3.63, 3.8) is 0 Å². The maximum Gasteiger partial charge on any atom is 0.122 e. The molecule has 0 saturated carbocycles. The molecular weight excluding hydrogens is 352 g/mol. The van der Waals surface area contributed by atoms with Crippen molar-refractivity contribution in [1.82, 2.24) is 0 Å². The summed E-state index contributed by atoms with van der Waals surface area (Å²) in [6.07, 6.45) is 0. The lowest BCUT2D eigenvalue weighted by Gasteiger charge is -2.13. The van der Waals surface area contributed by atoms with E-state index < -0.39 is 0 Å². The first kappa shape index (κ1) is 19.0. The predicted octanol–water partition coefficient (Wildman–Crippen LogP) is 3.41. The van der Waals surface area contributed by atoms with E-state index in [0.29, 0.717) is 35.8 Å². The number of amidine groups is 2. The highest BCUT2D eigenvalue weighted by Crippen LogP contribution is 2.19. The van der Waals surface area contributed by atoms with Gasteiger partial charge in [-0.15, -0.1) is 0 Å². The van der Waals surface area contributed by atoms with Crippen LogP contribution in [0.25, 0.3) is 0 Å². The minimum atomic E-state index is 0.00652. The molecular formula is C22H22N4O2. The molecule has 0 aromatic heterocycles. The number of rotatable bonds is 8. The first-order chi connectivity index (χ1) is 13.5. The second kappa shape index (κ2) is 8.73. The fourth-order valence-electron chi connectivity index (χ4n) is 2.67. The van der Waals surface area contributed by atoms with Gasteiger partial charge in [0.2, 0.25) is 0 Å². The number of hydrogen-bond acceptors (Lipinski definition) is 4. The average Bonchev–Trinajstić information content (AvgIpc) is 2.71. The van der Waals surface area contributed by atoms with Crippen LogP contribution in [0.2, 0.25) is 0 Å². The van der Waals surface area contributed by atoms with Crippen LogP contribution < -0.4 is 20.9 Å². The Morgan fingerprint density at radius 2 is 1.07 bits per heavy atom. The van der Waals surface area contributed by atoms with Crippen molar-refractivity contribution in [3.05, 3.63) is 95.1 Å². The molecule has 0 aliphatic rings. The maximum absolute atomic E-state index is 7.53. The van der Waals surface area contributed by atoms with Crippen LogP contribution in [0.1, 0.15) is 22.3 Å². The first-order valence-corrected chi connectivity index (χ1v) is 8.74. The highest BCUT2D eigenvalue weighted by atomic mass is 16.5. The molecule has 0 unspecified atom stereocenters. The lowest BCUT2D eigenvalue weighted by Crippen LogP contribution is -2.11. The van der Waals surface area contributed by atoms with E-state index in [0.717, 1.165) is 11.1 Å². The third-order valence-corrected chi connectivity index (χ3v) is 4.20. The van der Waals surface area contributed by atoms with E-state index in [1.807, 2.05) is 48.5 Å². The Bertz CT molecular complexity index is 921. The topological polar surface area (TPSA) is 118 Å². The number of benzene rings is 3. The van der Waals surface area contributed by atoms with Crippen LogP contribution in [0.15, 0.2) is 72.8 Å². The number of ether oxygens (including phenoxy) is 2. The molecule has 0 radical (unpaired) electrons. The Morgan fingerprint density at radius 1 is 0.643 bits per heavy atom. The Hall–Kier alpha value is -3.80. The molecule has 0 spiro atoms. The molecule has 142 valence electrons. The van der Waals surface area contributed by atoms with E-state index in [2.05, 4.69) is 0 Å². The molecule has 28 heavy (non-hydrogen) atoms. The van der Waals surface area contributed by atoms with Gasteiger partial charge in [0.15, 0.2) is 0 Å². The lowest BCUT2D eigenvalue weighted by molar-refractivity contribution is 0.285. The van der Waals surface area contributed by atoms with Crippen LogP contribution >= 0.6 is 0 Å². The Labute approximate surface area is 163 Å². The summed E-state index contributed by atoms with van der Waals surface area (Å²) in [5, 5.41) is 15.1. The predicted molar refractivity (Wildman–Crippen MR) is 110 cm³/mol. The molecule has 0 bridgehead atoms. The van der Waals surface area contributed by atoms with Crippen LogP contribution in [0, 0.1) is 10.8 Å². The van der Waals surface area contributed by atoms with Gasteiger partial charge in [-0.1, -0.05) is 48.5 Å². The van der Waals surface area contributed by atoms with Gasteiger partial charge in [-0.2, -0.15) is 0 Å². The normalized spacial score (nSPS) is 10.3. The molecule has 0 amide bonds. The summed E-state index contributed by atoms with van der Waals surface area (Å²) in [6, 6.07) is 22.2. The van der Waals surface area contributed by atoms with E-state index in [1.54, 1.807) is 24.3 Å². The molecule has 0 atom stereocenters. The standard InChI is InChI=1S/C22H22N4O2/c23-21(24)15-7-3-9-19(11-15)27-13-17-5-1-2-6-18(17)14-28-20-10-4-8-16(12-20)22(25)26/h1-12H,13-14H2,(H3,23,24)(H3,25,26). The van der Waals surface area contributed by atoms with E-state index in [1.165, 1.54) is 0 Å². The van der Waals surface area contributed by atoms with Crippen LogP contribution in [0.4, 0.5) is 0 Å². The zero-order chi connectivity index (χ0) is 19.9. The third kappa shape index (κ3) is 4.88. The van der Waals surface area contributed by atoms with E-state index >= 15 is 0 Å². The minimum Gasteiger partial charge on any atom is -0.489 e. The number of nitrogen functional groups attached to an aromatic ring is 2. The Morgan fingerprint density at radius 3 is 1.46 bits per heavy atom. The monoisotopic (exact) mass is 374 g/mol. The summed E-state index contributed by atoms with van der Waals surface area (Å²) >= 11 is 0. The quantitative estimate of drug-likeness (QED) is 0.357. The molecule has 0 fully saturated rings. The van der Waals surface area contributed by atoms with Crippen LogP contribution in [0.3, 0.4) is 0 Å². The number of nitrogens with two attached hydrogens (primary N) is 2. The fraction of sp³-hybridized carbons (Fsp3) is 0.0909. The summed E-state index contributed by atoms with van der Waals surface area (Å²) in [6.45, 7) is 0.739. The minimum absolute atomic E-state index is 0.00652. The number of nitrogens with one attached hydrogen (secondary N) is 2. The van der Waals surface area contributed by atoms with E-state index in [4.69, 9.17) is 31.8 Å².